The number of carbonyl (C=O) groups is 1. The topological polar surface area (TPSA) is 67.8 Å². The highest BCUT2D eigenvalue weighted by Gasteiger charge is 2.44. The highest BCUT2D eigenvalue weighted by Crippen LogP contribution is 2.32. The number of hydrogen-bond donors (Lipinski definition) is 0. The molecule has 1 aromatic carbocycles. The third-order valence-corrected chi connectivity index (χ3v) is 6.27. The van der Waals surface area contributed by atoms with Gasteiger partial charge in [-0.05, 0) is 30.5 Å². The predicted octanol–water partition coefficient (Wildman–Crippen LogP) is 4.12. The molecule has 190 valence electrons. The third-order valence-electron chi connectivity index (χ3n) is 6.27. The summed E-state index contributed by atoms with van der Waals surface area (Å²) in [6, 6.07) is 7.58. The largest absolute Gasteiger partial charge is 0.489 e. The van der Waals surface area contributed by atoms with Crippen molar-refractivity contribution in [2.75, 3.05) is 42.6 Å². The first-order valence-electron chi connectivity index (χ1n) is 11.6. The van der Waals surface area contributed by atoms with Crippen LogP contribution in [0.2, 0.25) is 0 Å². The summed E-state index contributed by atoms with van der Waals surface area (Å²) in [4.78, 5) is 22.3. The van der Waals surface area contributed by atoms with Crippen molar-refractivity contribution in [2.45, 2.75) is 51.0 Å². The lowest BCUT2D eigenvalue weighted by molar-refractivity contribution is -0.221. The van der Waals surface area contributed by atoms with Crippen molar-refractivity contribution in [2.24, 2.45) is 0 Å². The van der Waals surface area contributed by atoms with E-state index in [1.807, 2.05) is 31.2 Å². The molecule has 1 aromatic heterocycles. The molecular formula is C24H28F4N4O3. The fourth-order valence-electron chi connectivity index (χ4n) is 4.47. The smallest absolute Gasteiger partial charge is 0.416 e. The van der Waals surface area contributed by atoms with Gasteiger partial charge in [0.15, 0.2) is 17.7 Å². The Morgan fingerprint density at radius 2 is 1.80 bits per heavy atom. The SMILES string of the molecule is CC(=O)C[C@@H](C)c1ccc(O[C@@H]2CCN(c3ncnc(N4CCOC(C(F)(F)F)C4)c3F)C2)cc1. The van der Waals surface area contributed by atoms with E-state index in [1.165, 1.54) is 11.2 Å². The first kappa shape index (κ1) is 25.2. The summed E-state index contributed by atoms with van der Waals surface area (Å²) in [5.74, 6) is 0.0663. The highest BCUT2D eigenvalue weighted by atomic mass is 19.4. The van der Waals surface area contributed by atoms with E-state index in [0.29, 0.717) is 31.7 Å². The van der Waals surface area contributed by atoms with E-state index in [9.17, 15) is 18.0 Å². The number of ketones is 1. The van der Waals surface area contributed by atoms with Crippen LogP contribution in [0.1, 0.15) is 38.2 Å². The monoisotopic (exact) mass is 496 g/mol. The second-order valence-corrected chi connectivity index (χ2v) is 9.03. The molecule has 35 heavy (non-hydrogen) atoms. The van der Waals surface area contributed by atoms with Crippen molar-refractivity contribution in [3.05, 3.63) is 42.0 Å². The summed E-state index contributed by atoms with van der Waals surface area (Å²) in [6.45, 7) is 3.84. The van der Waals surface area contributed by atoms with Crippen LogP contribution in [0.15, 0.2) is 30.6 Å². The molecule has 4 rings (SSSR count). The van der Waals surface area contributed by atoms with Crippen LogP contribution in [0.4, 0.5) is 29.2 Å². The van der Waals surface area contributed by atoms with Crippen molar-refractivity contribution in [3.63, 3.8) is 0 Å². The summed E-state index contributed by atoms with van der Waals surface area (Å²) >= 11 is 0. The van der Waals surface area contributed by atoms with Crippen LogP contribution in [0.25, 0.3) is 0 Å². The Hall–Kier alpha value is -2.95. The normalized spacial score (nSPS) is 21.8. The van der Waals surface area contributed by atoms with Crippen LogP contribution in [0, 0.1) is 5.82 Å². The molecule has 3 heterocycles. The number of anilines is 2. The van der Waals surface area contributed by atoms with Crippen molar-refractivity contribution < 1.29 is 31.8 Å². The van der Waals surface area contributed by atoms with Crippen LogP contribution < -0.4 is 14.5 Å². The molecule has 7 nitrogen and oxygen atoms in total. The zero-order chi connectivity index (χ0) is 25.2. The first-order valence-corrected chi connectivity index (χ1v) is 11.6. The maximum Gasteiger partial charge on any atom is 0.416 e. The van der Waals surface area contributed by atoms with E-state index >= 15 is 4.39 Å². The Morgan fingerprint density at radius 1 is 1.14 bits per heavy atom. The van der Waals surface area contributed by atoms with Gasteiger partial charge in [0.1, 0.15) is 24.0 Å². The number of alkyl halides is 3. The number of Topliss-reactive ketones (excluding diaryl/α,β-unsaturated/α-hetero) is 1. The molecule has 0 aliphatic carbocycles. The van der Waals surface area contributed by atoms with Crippen LogP contribution in [-0.4, -0.2) is 66.9 Å². The number of aromatic nitrogens is 2. The molecule has 0 spiro atoms. The Bertz CT molecular complexity index is 1030. The van der Waals surface area contributed by atoms with Gasteiger partial charge in [-0.3, -0.25) is 0 Å². The number of rotatable bonds is 7. The number of ether oxygens (including phenoxy) is 2. The summed E-state index contributed by atoms with van der Waals surface area (Å²) in [5, 5.41) is 0. The number of morpholine rings is 1. The minimum atomic E-state index is -4.53. The van der Waals surface area contributed by atoms with E-state index in [0.717, 1.165) is 5.56 Å². The van der Waals surface area contributed by atoms with Crippen LogP contribution in [0.5, 0.6) is 5.75 Å². The van der Waals surface area contributed by atoms with Crippen molar-refractivity contribution >= 4 is 17.4 Å². The van der Waals surface area contributed by atoms with Gasteiger partial charge in [0, 0.05) is 25.9 Å². The second kappa shape index (κ2) is 10.3. The zero-order valence-electron chi connectivity index (χ0n) is 19.6. The Morgan fingerprint density at radius 3 is 2.43 bits per heavy atom. The minimum absolute atomic E-state index is 0.0459. The summed E-state index contributed by atoms with van der Waals surface area (Å²) in [7, 11) is 0. The standard InChI is InChI=1S/C24H28F4N4O3/c1-15(11-16(2)33)17-3-5-18(6-4-17)35-19-7-8-31(12-19)22-21(25)23(30-14-29-22)32-9-10-34-20(13-32)24(26,27)28/h3-6,14-15,19-20H,7-13H2,1-2H3/t15-,19-,20?/m1/s1. The van der Waals surface area contributed by atoms with Crippen LogP contribution >= 0.6 is 0 Å². The molecule has 0 amide bonds. The van der Waals surface area contributed by atoms with Crippen molar-refractivity contribution in [3.8, 4) is 5.75 Å². The molecule has 2 aromatic rings. The van der Waals surface area contributed by atoms with Crippen molar-refractivity contribution in [1.82, 2.24) is 9.97 Å². The first-order chi connectivity index (χ1) is 16.6. The molecule has 3 atom stereocenters. The van der Waals surface area contributed by atoms with Gasteiger partial charge in [0.25, 0.3) is 0 Å². The average molecular weight is 497 g/mol. The van der Waals surface area contributed by atoms with E-state index in [-0.39, 0.29) is 42.6 Å². The molecule has 0 bridgehead atoms. The molecule has 2 aliphatic rings. The van der Waals surface area contributed by atoms with Crippen molar-refractivity contribution in [1.29, 1.82) is 0 Å². The second-order valence-electron chi connectivity index (χ2n) is 9.03. The fourth-order valence-corrected chi connectivity index (χ4v) is 4.47. The highest BCUT2D eigenvalue weighted by molar-refractivity contribution is 5.76. The maximum absolute atomic E-state index is 15.3. The Kier molecular flexibility index (Phi) is 7.44. The summed E-state index contributed by atoms with van der Waals surface area (Å²) < 4.78 is 65.4. The molecule has 0 saturated carbocycles. The van der Waals surface area contributed by atoms with E-state index < -0.39 is 24.6 Å². The molecule has 2 fully saturated rings. The van der Waals surface area contributed by atoms with Gasteiger partial charge in [-0.2, -0.15) is 17.6 Å². The lowest BCUT2D eigenvalue weighted by Gasteiger charge is -2.34. The minimum Gasteiger partial charge on any atom is -0.489 e. The van der Waals surface area contributed by atoms with Gasteiger partial charge in [-0.15, -0.1) is 0 Å². The number of halogens is 4. The fraction of sp³-hybridized carbons (Fsp3) is 0.542. The lowest BCUT2D eigenvalue weighted by Crippen LogP contribution is -2.49. The van der Waals surface area contributed by atoms with Crippen LogP contribution in [0.3, 0.4) is 0 Å². The Labute approximate surface area is 201 Å². The van der Waals surface area contributed by atoms with Gasteiger partial charge in [0.05, 0.1) is 19.7 Å². The molecule has 2 saturated heterocycles. The number of nitrogens with zero attached hydrogens (tertiary/aromatic N) is 4. The Balaban J connectivity index is 1.40. The number of hydrogen-bond acceptors (Lipinski definition) is 7. The van der Waals surface area contributed by atoms with Gasteiger partial charge in [-0.1, -0.05) is 19.1 Å². The third kappa shape index (κ3) is 6.01. The zero-order valence-corrected chi connectivity index (χ0v) is 19.6. The van der Waals surface area contributed by atoms with E-state index in [1.54, 1.807) is 11.8 Å². The maximum atomic E-state index is 15.3. The van der Waals surface area contributed by atoms with Gasteiger partial charge in [-0.25, -0.2) is 9.97 Å². The molecule has 0 radical (unpaired) electrons. The van der Waals surface area contributed by atoms with E-state index in [2.05, 4.69) is 9.97 Å². The number of benzene rings is 1. The molecule has 11 heteroatoms. The average Bonchev–Trinajstić information content (AvgIpc) is 3.27. The molecule has 2 aliphatic heterocycles. The quantitative estimate of drug-likeness (QED) is 0.534. The summed E-state index contributed by atoms with van der Waals surface area (Å²) in [5.41, 5.74) is 1.05. The van der Waals surface area contributed by atoms with Gasteiger partial charge in [0.2, 0.25) is 5.82 Å². The summed E-state index contributed by atoms with van der Waals surface area (Å²) in [6.07, 6.45) is -4.45. The molecule has 0 N–H and O–H groups in total. The van der Waals surface area contributed by atoms with E-state index in [4.69, 9.17) is 9.47 Å². The lowest BCUT2D eigenvalue weighted by atomic mass is 9.96. The number of carbonyl (C=O) groups excluding carboxylic acids is 1. The molecular weight excluding hydrogens is 468 g/mol. The van der Waals surface area contributed by atoms with Crippen LogP contribution in [-0.2, 0) is 9.53 Å². The van der Waals surface area contributed by atoms with Gasteiger partial charge < -0.3 is 24.1 Å². The predicted molar refractivity (Wildman–Crippen MR) is 121 cm³/mol. The van der Waals surface area contributed by atoms with Gasteiger partial charge >= 0.3 is 6.18 Å². The molecule has 1 unspecified atom stereocenters.